The Kier molecular flexibility index (Phi) is 5.36. The minimum absolute atomic E-state index is 0. The smallest absolute Gasteiger partial charge is 0.684 e. The van der Waals surface area contributed by atoms with Crippen molar-refractivity contribution < 1.29 is 39.8 Å². The van der Waals surface area contributed by atoms with Crippen LogP contribution < -0.4 is 5.32 Å². The largest absolute Gasteiger partial charge is 2.00 e. The normalized spacial score (nSPS) is 18.3. The maximum Gasteiger partial charge on any atom is 2.00 e. The zero-order chi connectivity index (χ0) is 13.1. The molecule has 1 heterocycles. The van der Waals surface area contributed by atoms with Crippen molar-refractivity contribution in [3.63, 3.8) is 0 Å². The number of amides is 3. The van der Waals surface area contributed by atoms with Crippen molar-refractivity contribution in [2.75, 3.05) is 0 Å². The molecule has 19 heavy (non-hydrogen) atoms. The predicted octanol–water partition coefficient (Wildman–Crippen LogP) is 0.942. The first kappa shape index (κ1) is 15.5. The number of carbonyl (C=O) groups is 3. The standard InChI is InChI=1S/C12H10FN2O3.W/c13-8-3-1-2-7(6-8)11(17)14-9-4-5-10(16)15-12(9)18;/h1,3,6,9H,4-5H2,(H2,14,15,16,17,18);/q-1;+2/p-1. The van der Waals surface area contributed by atoms with Crippen LogP contribution in [0.25, 0.3) is 5.32 Å². The van der Waals surface area contributed by atoms with Gasteiger partial charge in [-0.15, -0.1) is 29.8 Å². The Morgan fingerprint density at radius 2 is 2.21 bits per heavy atom. The Labute approximate surface area is 123 Å². The van der Waals surface area contributed by atoms with Crippen LogP contribution in [0.15, 0.2) is 18.2 Å². The fraction of sp³-hybridized carbons (Fsp3) is 0.250. The fourth-order valence-electron chi connectivity index (χ4n) is 1.58. The van der Waals surface area contributed by atoms with Crippen LogP contribution in [0.3, 0.4) is 0 Å². The van der Waals surface area contributed by atoms with Crippen molar-refractivity contribution in [2.45, 2.75) is 18.9 Å². The van der Waals surface area contributed by atoms with Gasteiger partial charge in [-0.25, -0.2) is 4.39 Å². The van der Waals surface area contributed by atoms with E-state index in [1.165, 1.54) is 6.07 Å². The van der Waals surface area contributed by atoms with Gasteiger partial charge in [-0.2, -0.15) is 0 Å². The van der Waals surface area contributed by atoms with Gasteiger partial charge in [0, 0.05) is 12.2 Å². The molecule has 7 heteroatoms. The molecular formula is C12H9FN2O3W. The third-order valence-electron chi connectivity index (χ3n) is 2.48. The molecule has 1 saturated heterocycles. The molecule has 1 atom stereocenters. The Morgan fingerprint density at radius 1 is 1.47 bits per heavy atom. The predicted molar refractivity (Wildman–Crippen MR) is 59.1 cm³/mol. The van der Waals surface area contributed by atoms with E-state index in [9.17, 15) is 18.8 Å². The maximum atomic E-state index is 12.9. The molecule has 0 saturated carbocycles. The summed E-state index contributed by atoms with van der Waals surface area (Å²) >= 11 is 0. The van der Waals surface area contributed by atoms with Gasteiger partial charge in [0.25, 0.3) is 0 Å². The van der Waals surface area contributed by atoms with Gasteiger partial charge in [0.1, 0.15) is 0 Å². The number of nitrogens with zero attached hydrogens (tertiary/aromatic N) is 1. The summed E-state index contributed by atoms with van der Waals surface area (Å²) < 4.78 is 12.9. The first-order valence-electron chi connectivity index (χ1n) is 5.32. The molecule has 5 nitrogen and oxygen atoms in total. The molecule has 0 aliphatic carbocycles. The molecule has 1 fully saturated rings. The second-order valence-electron chi connectivity index (χ2n) is 3.82. The summed E-state index contributed by atoms with van der Waals surface area (Å²) in [4.78, 5) is 33.9. The van der Waals surface area contributed by atoms with Crippen molar-refractivity contribution in [2.24, 2.45) is 0 Å². The third-order valence-corrected chi connectivity index (χ3v) is 2.48. The molecule has 1 unspecified atom stereocenters. The number of nitrogens with one attached hydrogen (secondary N) is 1. The average Bonchev–Trinajstić information content (AvgIpc) is 2.32. The van der Waals surface area contributed by atoms with E-state index in [0.29, 0.717) is 0 Å². The molecule has 2 rings (SSSR count). The summed E-state index contributed by atoms with van der Waals surface area (Å²) in [6.45, 7) is 0. The van der Waals surface area contributed by atoms with Crippen molar-refractivity contribution >= 4 is 17.7 Å². The van der Waals surface area contributed by atoms with Crippen molar-refractivity contribution in [3.8, 4) is 0 Å². The summed E-state index contributed by atoms with van der Waals surface area (Å²) in [6.07, 6.45) is 0.325. The van der Waals surface area contributed by atoms with Gasteiger partial charge in [-0.1, -0.05) is 0 Å². The van der Waals surface area contributed by atoms with Gasteiger partial charge in [-0.05, 0) is 18.4 Å². The second kappa shape index (κ2) is 6.57. The average molecular weight is 432 g/mol. The van der Waals surface area contributed by atoms with Gasteiger partial charge in [0.05, 0.1) is 0 Å². The number of carbonyl (C=O) groups excluding carboxylic acids is 3. The number of piperidine rings is 1. The first-order valence-corrected chi connectivity index (χ1v) is 5.32. The van der Waals surface area contributed by atoms with E-state index >= 15 is 0 Å². The van der Waals surface area contributed by atoms with Crippen LogP contribution >= 0.6 is 0 Å². The summed E-state index contributed by atoms with van der Waals surface area (Å²) in [5.41, 5.74) is -0.0419. The first-order chi connectivity index (χ1) is 8.56. The van der Waals surface area contributed by atoms with Gasteiger partial charge in [0.15, 0.2) is 0 Å². The number of rotatable bonds is 2. The Hall–Kier alpha value is -1.55. The molecule has 1 aromatic carbocycles. The van der Waals surface area contributed by atoms with E-state index in [-0.39, 0.29) is 45.4 Å². The molecule has 98 valence electrons. The van der Waals surface area contributed by atoms with Crippen molar-refractivity contribution in [3.05, 3.63) is 41.0 Å². The van der Waals surface area contributed by atoms with Crippen LogP contribution in [0.5, 0.6) is 0 Å². The number of benzene rings is 1. The fourth-order valence-corrected chi connectivity index (χ4v) is 1.58. The van der Waals surface area contributed by atoms with Crippen LogP contribution in [0, 0.1) is 11.9 Å². The van der Waals surface area contributed by atoms with E-state index in [4.69, 9.17) is 0 Å². The number of imide groups is 1. The third kappa shape index (κ3) is 3.96. The topological polar surface area (TPSA) is 77.3 Å². The van der Waals surface area contributed by atoms with Crippen LogP contribution in [0.2, 0.25) is 0 Å². The summed E-state index contributed by atoms with van der Waals surface area (Å²) in [7, 11) is 0. The Balaban J connectivity index is 0.00000180. The van der Waals surface area contributed by atoms with Gasteiger partial charge in [0.2, 0.25) is 11.8 Å². The molecule has 3 amide bonds. The van der Waals surface area contributed by atoms with Gasteiger partial charge < -0.3 is 10.1 Å². The van der Waals surface area contributed by atoms with Gasteiger partial charge >= 0.3 is 21.1 Å². The minimum Gasteiger partial charge on any atom is -0.684 e. The molecule has 0 spiro atoms. The monoisotopic (exact) mass is 432 g/mol. The number of hydrogen-bond donors (Lipinski definition) is 1. The SMILES string of the molecule is O=C1CCC([N-]C(=O)c2[c-]ccc(F)c2)C(=O)N1.[W+2]. The molecule has 1 N–H and O–H groups in total. The zero-order valence-electron chi connectivity index (χ0n) is 9.68. The minimum atomic E-state index is -0.896. The molecule has 0 bridgehead atoms. The molecular weight excluding hydrogens is 423 g/mol. The molecule has 0 radical (unpaired) electrons. The van der Waals surface area contributed by atoms with Crippen LogP contribution in [0.1, 0.15) is 23.2 Å². The summed E-state index contributed by atoms with van der Waals surface area (Å²) in [5.74, 6) is -2.27. The molecule has 1 aliphatic heterocycles. The van der Waals surface area contributed by atoms with Crippen LogP contribution in [-0.2, 0) is 30.7 Å². The maximum absolute atomic E-state index is 12.9. The number of halogens is 1. The van der Waals surface area contributed by atoms with Crippen LogP contribution in [-0.4, -0.2) is 23.8 Å². The Morgan fingerprint density at radius 3 is 2.84 bits per heavy atom. The summed E-state index contributed by atoms with van der Waals surface area (Å²) in [5, 5.41) is 5.75. The van der Waals surface area contributed by atoms with Gasteiger partial charge in [-0.3, -0.25) is 14.9 Å². The van der Waals surface area contributed by atoms with E-state index < -0.39 is 23.7 Å². The van der Waals surface area contributed by atoms with Crippen molar-refractivity contribution in [1.82, 2.24) is 5.32 Å². The van der Waals surface area contributed by atoms with E-state index in [2.05, 4.69) is 16.7 Å². The summed E-state index contributed by atoms with van der Waals surface area (Å²) in [6, 6.07) is 5.06. The van der Waals surface area contributed by atoms with E-state index in [1.54, 1.807) is 0 Å². The number of hydrogen-bond acceptors (Lipinski definition) is 3. The second-order valence-corrected chi connectivity index (χ2v) is 3.82. The van der Waals surface area contributed by atoms with E-state index in [0.717, 1.165) is 12.1 Å². The Bertz CT molecular complexity index is 521. The quantitative estimate of drug-likeness (QED) is 0.559. The molecule has 1 aliphatic rings. The molecule has 0 aromatic heterocycles. The molecule has 1 aromatic rings. The van der Waals surface area contributed by atoms with Crippen LogP contribution in [0.4, 0.5) is 4.39 Å². The van der Waals surface area contributed by atoms with Crippen molar-refractivity contribution in [1.29, 1.82) is 0 Å². The zero-order valence-corrected chi connectivity index (χ0v) is 12.6. The van der Waals surface area contributed by atoms with E-state index in [1.807, 2.05) is 0 Å².